The van der Waals surface area contributed by atoms with Gasteiger partial charge in [-0.2, -0.15) is 0 Å². The molecule has 2 heterocycles. The molecule has 1 aromatic carbocycles. The van der Waals surface area contributed by atoms with Crippen LogP contribution in [0.5, 0.6) is 0 Å². The van der Waals surface area contributed by atoms with Gasteiger partial charge in [-0.25, -0.2) is 0 Å². The van der Waals surface area contributed by atoms with E-state index < -0.39 is 18.0 Å². The van der Waals surface area contributed by atoms with Crippen LogP contribution in [0.1, 0.15) is 11.8 Å². The van der Waals surface area contributed by atoms with E-state index in [-0.39, 0.29) is 5.69 Å². The molecule has 0 unspecified atom stereocenters. The summed E-state index contributed by atoms with van der Waals surface area (Å²) in [4.78, 5) is 16.7. The van der Waals surface area contributed by atoms with E-state index in [1.54, 1.807) is 18.2 Å². The van der Waals surface area contributed by atoms with Gasteiger partial charge in [-0.1, -0.05) is 28.9 Å². The Hall–Kier alpha value is -1.93. The quantitative estimate of drug-likeness (QED) is 0.752. The summed E-state index contributed by atoms with van der Waals surface area (Å²) in [6, 6.07) is 8.83. The molecule has 0 amide bonds. The van der Waals surface area contributed by atoms with E-state index in [2.05, 4.69) is 22.0 Å². The van der Waals surface area contributed by atoms with Gasteiger partial charge in [0, 0.05) is 44.4 Å². The average molecular weight is 394 g/mol. The fraction of sp³-hybridized carbons (Fsp3) is 0.474. The van der Waals surface area contributed by atoms with Gasteiger partial charge in [-0.05, 0) is 19.2 Å². The molecule has 0 spiro atoms. The van der Waals surface area contributed by atoms with Crippen molar-refractivity contribution in [3.05, 3.63) is 41.0 Å². The van der Waals surface area contributed by atoms with Crippen LogP contribution >= 0.6 is 11.6 Å². The number of likely N-dealkylation sites (N-methyl/N-ethyl adjacent to an activating group) is 1. The van der Waals surface area contributed by atoms with Gasteiger partial charge in [0.1, 0.15) is 17.7 Å². The molecular weight excluding hydrogens is 370 g/mol. The predicted molar refractivity (Wildman–Crippen MR) is 101 cm³/mol. The Labute approximate surface area is 163 Å². The fourth-order valence-corrected chi connectivity index (χ4v) is 3.41. The Balaban J connectivity index is 1.77. The zero-order chi connectivity index (χ0) is 19.4. The summed E-state index contributed by atoms with van der Waals surface area (Å²) >= 11 is 6.19. The first kappa shape index (κ1) is 19.8. The Bertz CT molecular complexity index is 774. The number of hydrogen-bond donors (Lipinski definition) is 1. The van der Waals surface area contributed by atoms with E-state index >= 15 is 0 Å². The van der Waals surface area contributed by atoms with Crippen molar-refractivity contribution in [1.29, 1.82) is 0 Å². The van der Waals surface area contributed by atoms with Gasteiger partial charge < -0.3 is 19.3 Å². The van der Waals surface area contributed by atoms with Gasteiger partial charge in [-0.15, -0.1) is 0 Å². The van der Waals surface area contributed by atoms with E-state index in [4.69, 9.17) is 20.9 Å². The molecule has 2 aromatic rings. The molecule has 1 aliphatic rings. The van der Waals surface area contributed by atoms with Crippen LogP contribution in [0.4, 0.5) is 0 Å². The summed E-state index contributed by atoms with van der Waals surface area (Å²) < 4.78 is 10.3. The van der Waals surface area contributed by atoms with Gasteiger partial charge in [0.15, 0.2) is 5.76 Å². The molecule has 8 heteroatoms. The molecule has 1 N–H and O–H groups in total. The number of nitrogens with zero attached hydrogens (tertiary/aromatic N) is 3. The van der Waals surface area contributed by atoms with Crippen molar-refractivity contribution in [3.8, 4) is 11.3 Å². The molecule has 146 valence electrons. The van der Waals surface area contributed by atoms with Crippen molar-refractivity contribution in [2.75, 3.05) is 46.9 Å². The van der Waals surface area contributed by atoms with Crippen molar-refractivity contribution >= 4 is 17.6 Å². The number of piperazine rings is 1. The van der Waals surface area contributed by atoms with Crippen LogP contribution in [-0.4, -0.2) is 72.9 Å². The molecule has 3 rings (SSSR count). The largest absolute Gasteiger partial charge is 0.469 e. The van der Waals surface area contributed by atoms with Crippen LogP contribution in [0, 0.1) is 5.92 Å². The summed E-state index contributed by atoms with van der Waals surface area (Å²) in [6.07, 6.45) is -1.13. The van der Waals surface area contributed by atoms with Crippen molar-refractivity contribution < 1.29 is 19.2 Å². The normalized spacial score (nSPS) is 18.2. The lowest BCUT2D eigenvalue weighted by Crippen LogP contribution is -2.48. The first-order valence-corrected chi connectivity index (χ1v) is 9.25. The molecule has 1 fully saturated rings. The number of carbonyl (C=O) groups excluding carboxylic acids is 1. The van der Waals surface area contributed by atoms with Crippen LogP contribution in [0.2, 0.25) is 5.02 Å². The lowest BCUT2D eigenvalue weighted by atomic mass is 9.98. The number of aromatic nitrogens is 1. The highest BCUT2D eigenvalue weighted by Crippen LogP contribution is 2.31. The second-order valence-electron chi connectivity index (χ2n) is 6.77. The lowest BCUT2D eigenvalue weighted by molar-refractivity contribution is -0.151. The Morgan fingerprint density at radius 3 is 2.70 bits per heavy atom. The van der Waals surface area contributed by atoms with Crippen LogP contribution < -0.4 is 0 Å². The number of rotatable bonds is 6. The van der Waals surface area contributed by atoms with Gasteiger partial charge in [0.05, 0.1) is 12.1 Å². The summed E-state index contributed by atoms with van der Waals surface area (Å²) in [5, 5.41) is 15.3. The summed E-state index contributed by atoms with van der Waals surface area (Å²) in [6.45, 7) is 3.91. The first-order valence-electron chi connectivity index (χ1n) is 8.88. The number of benzene rings is 1. The minimum atomic E-state index is -1.13. The molecule has 0 saturated carbocycles. The standard InChI is InChI=1S/C19H24ClN3O4/c1-22-7-9-23(10-8-22)12-14(19(25)26-2)18(24)16-11-17(27-21-16)13-5-3-4-6-15(13)20/h3-6,11,14,18,24H,7-10,12H2,1-2H3/t14-,18+/m0/s1. The second kappa shape index (κ2) is 8.84. The van der Waals surface area contributed by atoms with Gasteiger partial charge in [0.25, 0.3) is 0 Å². The molecule has 1 saturated heterocycles. The lowest BCUT2D eigenvalue weighted by Gasteiger charge is -2.34. The van der Waals surface area contributed by atoms with Gasteiger partial charge >= 0.3 is 5.97 Å². The number of halogens is 1. The zero-order valence-corrected chi connectivity index (χ0v) is 16.2. The number of hydrogen-bond acceptors (Lipinski definition) is 7. The van der Waals surface area contributed by atoms with Crippen molar-refractivity contribution in [2.45, 2.75) is 6.10 Å². The Morgan fingerprint density at radius 2 is 2.04 bits per heavy atom. The van der Waals surface area contributed by atoms with E-state index in [9.17, 15) is 9.90 Å². The molecule has 1 aromatic heterocycles. The van der Waals surface area contributed by atoms with E-state index in [1.807, 2.05) is 12.1 Å². The molecule has 0 aliphatic carbocycles. The van der Waals surface area contributed by atoms with E-state index in [0.29, 0.717) is 22.9 Å². The van der Waals surface area contributed by atoms with Crippen LogP contribution in [0.15, 0.2) is 34.9 Å². The Morgan fingerprint density at radius 1 is 1.33 bits per heavy atom. The molecule has 0 bridgehead atoms. The number of methoxy groups -OCH3 is 1. The van der Waals surface area contributed by atoms with Crippen LogP contribution in [-0.2, 0) is 9.53 Å². The average Bonchev–Trinajstić information content (AvgIpc) is 3.16. The molecule has 27 heavy (non-hydrogen) atoms. The summed E-state index contributed by atoms with van der Waals surface area (Å²) in [5.74, 6) is -0.774. The maximum absolute atomic E-state index is 12.3. The number of aliphatic hydroxyl groups is 1. The predicted octanol–water partition coefficient (Wildman–Crippen LogP) is 2.07. The minimum absolute atomic E-state index is 0.287. The van der Waals surface area contributed by atoms with E-state index in [0.717, 1.165) is 26.2 Å². The van der Waals surface area contributed by atoms with Crippen LogP contribution in [0.3, 0.4) is 0 Å². The Kier molecular flexibility index (Phi) is 6.49. The highest BCUT2D eigenvalue weighted by molar-refractivity contribution is 6.33. The smallest absolute Gasteiger partial charge is 0.313 e. The highest BCUT2D eigenvalue weighted by Gasteiger charge is 2.34. The molecule has 7 nitrogen and oxygen atoms in total. The summed E-state index contributed by atoms with van der Waals surface area (Å²) in [5.41, 5.74) is 0.966. The molecule has 2 atom stereocenters. The maximum Gasteiger partial charge on any atom is 0.313 e. The van der Waals surface area contributed by atoms with Crippen molar-refractivity contribution in [3.63, 3.8) is 0 Å². The van der Waals surface area contributed by atoms with Crippen molar-refractivity contribution in [2.24, 2.45) is 5.92 Å². The number of ether oxygens (including phenoxy) is 1. The molecular formula is C19H24ClN3O4. The zero-order valence-electron chi connectivity index (χ0n) is 15.5. The third-order valence-corrected chi connectivity index (χ3v) is 5.24. The SMILES string of the molecule is COC(=O)[C@@H](CN1CCN(C)CC1)[C@@H](O)c1cc(-c2ccccc2Cl)on1. The second-order valence-corrected chi connectivity index (χ2v) is 7.18. The first-order chi connectivity index (χ1) is 13.0. The highest BCUT2D eigenvalue weighted by atomic mass is 35.5. The van der Waals surface area contributed by atoms with Crippen molar-refractivity contribution in [1.82, 2.24) is 15.0 Å². The number of esters is 1. The maximum atomic E-state index is 12.3. The third kappa shape index (κ3) is 4.68. The molecule has 1 aliphatic heterocycles. The minimum Gasteiger partial charge on any atom is -0.469 e. The van der Waals surface area contributed by atoms with Crippen LogP contribution in [0.25, 0.3) is 11.3 Å². The molecule has 0 radical (unpaired) electrons. The fourth-order valence-electron chi connectivity index (χ4n) is 3.19. The van der Waals surface area contributed by atoms with E-state index in [1.165, 1.54) is 7.11 Å². The topological polar surface area (TPSA) is 79.0 Å². The number of carbonyl (C=O) groups is 1. The monoisotopic (exact) mass is 393 g/mol. The third-order valence-electron chi connectivity index (χ3n) is 4.91. The summed E-state index contributed by atoms with van der Waals surface area (Å²) in [7, 11) is 3.39. The number of aliphatic hydroxyl groups excluding tert-OH is 1. The van der Waals surface area contributed by atoms with Gasteiger partial charge in [-0.3, -0.25) is 9.69 Å². The van der Waals surface area contributed by atoms with Gasteiger partial charge in [0.2, 0.25) is 0 Å².